The van der Waals surface area contributed by atoms with Crippen molar-refractivity contribution in [1.82, 2.24) is 19.7 Å². The first-order valence-electron chi connectivity index (χ1n) is 12.8. The number of hydrogen-bond acceptors (Lipinski definition) is 4. The molecule has 7 rings (SSSR count). The van der Waals surface area contributed by atoms with Gasteiger partial charge in [0.15, 0.2) is 0 Å². The molecular formula is C34H25FN4O. The van der Waals surface area contributed by atoms with Crippen LogP contribution in [0.3, 0.4) is 0 Å². The number of nitrogens with zero attached hydrogens (tertiary/aromatic N) is 4. The van der Waals surface area contributed by atoms with Gasteiger partial charge in [-0.1, -0.05) is 60.7 Å². The molecule has 194 valence electrons. The molecule has 3 heterocycles. The Morgan fingerprint density at radius 3 is 2.23 bits per heavy atom. The number of rotatable bonds is 4. The maximum absolute atomic E-state index is 13.5. The summed E-state index contributed by atoms with van der Waals surface area (Å²) >= 11 is 0. The largest absolute Gasteiger partial charge is 0.497 e. The van der Waals surface area contributed by atoms with E-state index in [4.69, 9.17) is 14.8 Å². The fourth-order valence-corrected chi connectivity index (χ4v) is 4.49. The summed E-state index contributed by atoms with van der Waals surface area (Å²) in [5.74, 6) is 0.508. The Labute approximate surface area is 231 Å². The topological polar surface area (TPSA) is 52.8 Å². The molecule has 0 fully saturated rings. The van der Waals surface area contributed by atoms with Gasteiger partial charge in [-0.2, -0.15) is 5.10 Å². The van der Waals surface area contributed by atoms with Crippen LogP contribution in [0.2, 0.25) is 0 Å². The molecule has 0 aliphatic heterocycles. The van der Waals surface area contributed by atoms with Crippen LogP contribution in [0.1, 0.15) is 0 Å². The second kappa shape index (κ2) is 11.2. The second-order valence-corrected chi connectivity index (χ2v) is 9.12. The molecule has 0 spiro atoms. The van der Waals surface area contributed by atoms with Crippen molar-refractivity contribution in [3.8, 4) is 34.1 Å². The number of methoxy groups -OCH3 is 1. The monoisotopic (exact) mass is 524 g/mol. The Morgan fingerprint density at radius 1 is 0.650 bits per heavy atom. The maximum Gasteiger partial charge on any atom is 0.123 e. The molecule has 40 heavy (non-hydrogen) atoms. The van der Waals surface area contributed by atoms with E-state index in [0.29, 0.717) is 0 Å². The average molecular weight is 525 g/mol. The van der Waals surface area contributed by atoms with Gasteiger partial charge in [0.05, 0.1) is 40.9 Å². The van der Waals surface area contributed by atoms with Crippen molar-refractivity contribution >= 4 is 21.8 Å². The highest BCUT2D eigenvalue weighted by Gasteiger charge is 2.15. The Kier molecular flexibility index (Phi) is 6.97. The summed E-state index contributed by atoms with van der Waals surface area (Å²) in [7, 11) is 1.64. The van der Waals surface area contributed by atoms with Gasteiger partial charge in [0, 0.05) is 22.5 Å². The summed E-state index contributed by atoms with van der Waals surface area (Å²) in [4.78, 5) is 8.94. The second-order valence-electron chi connectivity index (χ2n) is 9.12. The molecule has 5 nitrogen and oxygen atoms in total. The van der Waals surface area contributed by atoms with E-state index in [1.165, 1.54) is 17.5 Å². The minimum Gasteiger partial charge on any atom is -0.497 e. The van der Waals surface area contributed by atoms with Crippen LogP contribution in [0.25, 0.3) is 50.1 Å². The van der Waals surface area contributed by atoms with Crippen molar-refractivity contribution in [1.29, 1.82) is 0 Å². The van der Waals surface area contributed by atoms with E-state index >= 15 is 0 Å². The average Bonchev–Trinajstić information content (AvgIpc) is 3.47. The highest BCUT2D eigenvalue weighted by atomic mass is 19.1. The van der Waals surface area contributed by atoms with Gasteiger partial charge in [-0.25, -0.2) is 14.1 Å². The normalized spacial score (nSPS) is 10.8. The summed E-state index contributed by atoms with van der Waals surface area (Å²) in [6.45, 7) is 0. The van der Waals surface area contributed by atoms with Crippen LogP contribution in [0.5, 0.6) is 5.75 Å². The number of benzene rings is 4. The lowest BCUT2D eigenvalue weighted by Crippen LogP contribution is -2.00. The number of hydrogen-bond donors (Lipinski definition) is 0. The maximum atomic E-state index is 13.5. The minimum absolute atomic E-state index is 0.272. The molecule has 3 aromatic heterocycles. The van der Waals surface area contributed by atoms with E-state index in [1.54, 1.807) is 13.2 Å². The number of para-hydroxylation sites is 1. The van der Waals surface area contributed by atoms with E-state index in [0.717, 1.165) is 50.5 Å². The van der Waals surface area contributed by atoms with E-state index in [1.807, 2.05) is 108 Å². The molecule has 0 bridgehead atoms. The molecule has 0 saturated carbocycles. The van der Waals surface area contributed by atoms with Crippen LogP contribution in [0.4, 0.5) is 4.39 Å². The summed E-state index contributed by atoms with van der Waals surface area (Å²) in [5.41, 5.74) is 6.18. The van der Waals surface area contributed by atoms with Crippen molar-refractivity contribution in [2.75, 3.05) is 7.11 Å². The van der Waals surface area contributed by atoms with Crippen LogP contribution in [0.15, 0.2) is 134 Å². The molecule has 0 saturated heterocycles. The van der Waals surface area contributed by atoms with Crippen LogP contribution in [-0.4, -0.2) is 26.9 Å². The van der Waals surface area contributed by atoms with E-state index in [2.05, 4.69) is 17.1 Å². The molecule has 0 radical (unpaired) electrons. The van der Waals surface area contributed by atoms with Gasteiger partial charge in [0.1, 0.15) is 11.6 Å². The van der Waals surface area contributed by atoms with Gasteiger partial charge in [-0.3, -0.25) is 4.98 Å². The quantitative estimate of drug-likeness (QED) is 0.233. The van der Waals surface area contributed by atoms with Crippen molar-refractivity contribution in [3.63, 3.8) is 0 Å². The van der Waals surface area contributed by atoms with Gasteiger partial charge in [-0.05, 0) is 66.7 Å². The Bertz CT molecular complexity index is 1830. The van der Waals surface area contributed by atoms with Crippen molar-refractivity contribution in [2.45, 2.75) is 0 Å². The molecule has 0 unspecified atom stereocenters. The Morgan fingerprint density at radius 2 is 1.43 bits per heavy atom. The fourth-order valence-electron chi connectivity index (χ4n) is 4.49. The molecule has 0 amide bonds. The lowest BCUT2D eigenvalue weighted by molar-refractivity contribution is 0.414. The number of halogens is 1. The summed E-state index contributed by atoms with van der Waals surface area (Å²) in [6, 6.07) is 40.2. The van der Waals surface area contributed by atoms with Crippen molar-refractivity contribution < 1.29 is 9.13 Å². The third kappa shape index (κ3) is 5.28. The molecule has 0 aliphatic rings. The third-order valence-corrected chi connectivity index (χ3v) is 6.52. The Balaban J connectivity index is 0.000000242. The van der Waals surface area contributed by atoms with Crippen molar-refractivity contribution in [3.05, 3.63) is 139 Å². The molecule has 0 aliphatic carbocycles. The lowest BCUT2D eigenvalue weighted by Gasteiger charge is -2.09. The SMILES string of the molecule is COc1ccc(-n2nc(-c3ccccc3)cc2-c2ccc3cc(F)ccc3n2)cc1.c1ccc2ncccc2c1. The van der Waals surface area contributed by atoms with Gasteiger partial charge < -0.3 is 4.74 Å². The van der Waals surface area contributed by atoms with E-state index in [-0.39, 0.29) is 5.82 Å². The molecule has 4 aromatic carbocycles. The first kappa shape index (κ1) is 24.9. The zero-order valence-electron chi connectivity index (χ0n) is 21.8. The fraction of sp³-hybridized carbons (Fsp3) is 0.0294. The predicted molar refractivity (Wildman–Crippen MR) is 158 cm³/mol. The first-order chi connectivity index (χ1) is 19.7. The highest BCUT2D eigenvalue weighted by Crippen LogP contribution is 2.29. The van der Waals surface area contributed by atoms with Gasteiger partial charge >= 0.3 is 0 Å². The third-order valence-electron chi connectivity index (χ3n) is 6.52. The standard InChI is InChI=1S/C25H18FN3O.C9H7N/c1-30-21-11-9-20(10-12-21)29-25(16-24(28-29)17-5-3-2-4-6-17)23-13-7-18-15-19(26)8-14-22(18)27-23;1-2-6-9-8(4-1)5-3-7-10-9/h2-16H,1H3;1-7H. The number of pyridine rings is 2. The molecular weight excluding hydrogens is 499 g/mol. The molecule has 0 N–H and O–H groups in total. The van der Waals surface area contributed by atoms with Gasteiger partial charge in [-0.15, -0.1) is 0 Å². The predicted octanol–water partition coefficient (Wildman–Crippen LogP) is 8.14. The minimum atomic E-state index is -0.272. The summed E-state index contributed by atoms with van der Waals surface area (Å²) < 4.78 is 20.7. The van der Waals surface area contributed by atoms with Crippen LogP contribution in [-0.2, 0) is 0 Å². The summed E-state index contributed by atoms with van der Waals surface area (Å²) in [6.07, 6.45) is 1.81. The van der Waals surface area contributed by atoms with Gasteiger partial charge in [0.2, 0.25) is 0 Å². The number of fused-ring (bicyclic) bond motifs is 2. The molecule has 0 atom stereocenters. The van der Waals surface area contributed by atoms with Gasteiger partial charge in [0.25, 0.3) is 0 Å². The number of aromatic nitrogens is 4. The lowest BCUT2D eigenvalue weighted by atomic mass is 10.1. The molecule has 6 heteroatoms. The van der Waals surface area contributed by atoms with Crippen molar-refractivity contribution in [2.24, 2.45) is 0 Å². The van der Waals surface area contributed by atoms with E-state index in [9.17, 15) is 4.39 Å². The molecule has 7 aromatic rings. The van der Waals surface area contributed by atoms with E-state index < -0.39 is 0 Å². The Hall–Kier alpha value is -5.36. The summed E-state index contributed by atoms with van der Waals surface area (Å²) in [5, 5.41) is 6.81. The van der Waals surface area contributed by atoms with Crippen LogP contribution < -0.4 is 4.74 Å². The zero-order valence-corrected chi connectivity index (χ0v) is 21.8. The first-order valence-corrected chi connectivity index (χ1v) is 12.8. The van der Waals surface area contributed by atoms with Crippen LogP contribution >= 0.6 is 0 Å². The zero-order chi connectivity index (χ0) is 27.3. The van der Waals surface area contributed by atoms with Crippen LogP contribution in [0, 0.1) is 5.82 Å². The smallest absolute Gasteiger partial charge is 0.123 e. The highest BCUT2D eigenvalue weighted by molar-refractivity contribution is 5.82. The number of ether oxygens (including phenoxy) is 1.